The Morgan fingerprint density at radius 2 is 1.39 bits per heavy atom. The Balaban J connectivity index is 0.00000108. The molecule has 0 spiro atoms. The highest BCUT2D eigenvalue weighted by atomic mass is 16.2. The van der Waals surface area contributed by atoms with Crippen molar-refractivity contribution in [3.05, 3.63) is 11.6 Å². The first-order valence-corrected chi connectivity index (χ1v) is 8.62. The summed E-state index contributed by atoms with van der Waals surface area (Å²) in [6.45, 7) is 2.24. The van der Waals surface area contributed by atoms with Crippen LogP contribution in [0.5, 0.6) is 0 Å². The molecule has 0 aromatic carbocycles. The van der Waals surface area contributed by atoms with Crippen molar-refractivity contribution in [1.82, 2.24) is 5.32 Å². The van der Waals surface area contributed by atoms with E-state index < -0.39 is 0 Å². The number of carbonyl (C=O) groups is 2. The highest BCUT2D eigenvalue weighted by molar-refractivity contribution is 6.16. The van der Waals surface area contributed by atoms with Crippen LogP contribution in [0, 0.1) is 5.41 Å². The zero-order valence-electron chi connectivity index (χ0n) is 14.3. The van der Waals surface area contributed by atoms with Gasteiger partial charge in [0.1, 0.15) is 0 Å². The quantitative estimate of drug-likeness (QED) is 0.202. The van der Waals surface area contributed by atoms with Gasteiger partial charge in [0.2, 0.25) is 0 Å². The predicted molar refractivity (Wildman–Crippen MR) is 93.8 cm³/mol. The SMILES string of the molecule is CCCCCCCCCCCCC1=CC(=O)NC1=O.N=C(N)N. The van der Waals surface area contributed by atoms with Crippen LogP contribution in [0.2, 0.25) is 0 Å². The number of nitrogens with two attached hydrogens (primary N) is 2. The van der Waals surface area contributed by atoms with Gasteiger partial charge in [-0.2, -0.15) is 0 Å². The van der Waals surface area contributed by atoms with Gasteiger partial charge in [0.25, 0.3) is 11.8 Å². The standard InChI is InChI=1S/C16H27NO2.CH5N3/c1-2-3-4-5-6-7-8-9-10-11-12-14-13-15(18)17-16(14)19;2-1(3)4/h13H,2-12H2,1H3,(H,17,18,19);(H5,2,3,4). The monoisotopic (exact) mass is 324 g/mol. The number of unbranched alkanes of at least 4 members (excludes halogenated alkanes) is 9. The maximum atomic E-state index is 11.3. The highest BCUT2D eigenvalue weighted by Gasteiger charge is 2.19. The van der Waals surface area contributed by atoms with Crippen molar-refractivity contribution in [3.8, 4) is 0 Å². The smallest absolute Gasteiger partial charge is 0.254 e. The molecule has 6 heteroatoms. The lowest BCUT2D eigenvalue weighted by atomic mass is 10.0. The van der Waals surface area contributed by atoms with E-state index in [1.807, 2.05) is 0 Å². The number of rotatable bonds is 11. The van der Waals surface area contributed by atoms with E-state index in [1.54, 1.807) is 0 Å². The fraction of sp³-hybridized carbons (Fsp3) is 0.706. The van der Waals surface area contributed by atoms with Crippen LogP contribution in [0.3, 0.4) is 0 Å². The zero-order valence-corrected chi connectivity index (χ0v) is 14.3. The molecule has 0 fully saturated rings. The molecule has 1 aliphatic rings. The summed E-state index contributed by atoms with van der Waals surface area (Å²) in [5.74, 6) is -0.784. The van der Waals surface area contributed by atoms with Crippen molar-refractivity contribution in [2.24, 2.45) is 11.5 Å². The largest absolute Gasteiger partial charge is 0.370 e. The van der Waals surface area contributed by atoms with Crippen LogP contribution in [0.4, 0.5) is 0 Å². The van der Waals surface area contributed by atoms with Crippen LogP contribution in [0.25, 0.3) is 0 Å². The van der Waals surface area contributed by atoms with Crippen molar-refractivity contribution in [2.45, 2.75) is 77.6 Å². The number of carbonyl (C=O) groups excluding carboxylic acids is 2. The van der Waals surface area contributed by atoms with Gasteiger partial charge in [-0.15, -0.1) is 0 Å². The molecule has 1 aliphatic heterocycles. The molecule has 0 aromatic heterocycles. The minimum absolute atomic E-state index is 0.194. The van der Waals surface area contributed by atoms with Gasteiger partial charge in [0, 0.05) is 11.6 Å². The maximum Gasteiger partial charge on any atom is 0.254 e. The van der Waals surface area contributed by atoms with E-state index in [1.165, 1.54) is 57.4 Å². The molecular weight excluding hydrogens is 292 g/mol. The average Bonchev–Trinajstić information content (AvgIpc) is 2.78. The van der Waals surface area contributed by atoms with Crippen LogP contribution in [-0.2, 0) is 9.59 Å². The molecule has 132 valence electrons. The first-order chi connectivity index (χ1) is 11.0. The van der Waals surface area contributed by atoms with Gasteiger partial charge < -0.3 is 11.5 Å². The molecule has 23 heavy (non-hydrogen) atoms. The maximum absolute atomic E-state index is 11.3. The molecule has 6 nitrogen and oxygen atoms in total. The van der Waals surface area contributed by atoms with E-state index in [0.717, 1.165) is 19.3 Å². The van der Waals surface area contributed by atoms with Crippen LogP contribution in [-0.4, -0.2) is 17.8 Å². The fourth-order valence-electron chi connectivity index (χ4n) is 2.44. The lowest BCUT2D eigenvalue weighted by molar-refractivity contribution is -0.123. The van der Waals surface area contributed by atoms with Crippen LogP contribution in [0.15, 0.2) is 11.6 Å². The summed E-state index contributed by atoms with van der Waals surface area (Å²) in [6, 6.07) is 0. The van der Waals surface area contributed by atoms with Gasteiger partial charge >= 0.3 is 0 Å². The molecule has 1 heterocycles. The zero-order chi connectivity index (χ0) is 17.5. The van der Waals surface area contributed by atoms with Gasteiger partial charge in [-0.3, -0.25) is 20.3 Å². The second-order valence-corrected chi connectivity index (χ2v) is 5.88. The van der Waals surface area contributed by atoms with E-state index in [4.69, 9.17) is 5.41 Å². The lowest BCUT2D eigenvalue weighted by Gasteiger charge is -2.02. The topological polar surface area (TPSA) is 122 Å². The lowest BCUT2D eigenvalue weighted by Crippen LogP contribution is -2.22. The summed E-state index contributed by atoms with van der Waals surface area (Å²) >= 11 is 0. The third-order valence-electron chi connectivity index (χ3n) is 3.63. The summed E-state index contributed by atoms with van der Waals surface area (Å²) in [7, 11) is 0. The predicted octanol–water partition coefficient (Wildman–Crippen LogP) is 2.72. The number of hydrogen-bond donors (Lipinski definition) is 4. The third-order valence-corrected chi connectivity index (χ3v) is 3.63. The van der Waals surface area contributed by atoms with Gasteiger partial charge in [-0.05, 0) is 12.8 Å². The Morgan fingerprint density at radius 1 is 0.957 bits per heavy atom. The molecule has 1 rings (SSSR count). The van der Waals surface area contributed by atoms with E-state index in [0.29, 0.717) is 5.57 Å². The Morgan fingerprint density at radius 3 is 1.78 bits per heavy atom. The molecular formula is C17H32N4O2. The van der Waals surface area contributed by atoms with Crippen molar-refractivity contribution in [2.75, 3.05) is 0 Å². The average molecular weight is 324 g/mol. The van der Waals surface area contributed by atoms with Crippen molar-refractivity contribution >= 4 is 17.8 Å². The molecule has 0 atom stereocenters. The summed E-state index contributed by atoms with van der Waals surface area (Å²) < 4.78 is 0. The Hall–Kier alpha value is -1.85. The molecule has 0 unspecified atom stereocenters. The van der Waals surface area contributed by atoms with Crippen molar-refractivity contribution in [1.29, 1.82) is 5.41 Å². The van der Waals surface area contributed by atoms with E-state index in [-0.39, 0.29) is 17.8 Å². The summed E-state index contributed by atoms with van der Waals surface area (Å²) in [6.07, 6.45) is 15.1. The molecule has 0 radical (unpaired) electrons. The highest BCUT2D eigenvalue weighted by Crippen LogP contribution is 2.15. The van der Waals surface area contributed by atoms with E-state index >= 15 is 0 Å². The minimum atomic E-state index is -0.333. The molecule has 0 saturated heterocycles. The fourth-order valence-corrected chi connectivity index (χ4v) is 2.44. The summed E-state index contributed by atoms with van der Waals surface area (Å²) in [5, 5.41) is 8.34. The number of imide groups is 1. The van der Waals surface area contributed by atoms with Crippen molar-refractivity contribution in [3.63, 3.8) is 0 Å². The normalized spacial score (nSPS) is 13.2. The number of amides is 2. The van der Waals surface area contributed by atoms with E-state index in [2.05, 4.69) is 23.7 Å². The van der Waals surface area contributed by atoms with Gasteiger partial charge in [0.05, 0.1) is 0 Å². The summed E-state index contributed by atoms with van der Waals surface area (Å²) in [5.41, 5.74) is 9.60. The van der Waals surface area contributed by atoms with Crippen LogP contribution < -0.4 is 16.8 Å². The second kappa shape index (κ2) is 13.8. The first-order valence-electron chi connectivity index (χ1n) is 8.62. The molecule has 6 N–H and O–H groups in total. The Kier molecular flexibility index (Phi) is 12.7. The van der Waals surface area contributed by atoms with Gasteiger partial charge in [-0.1, -0.05) is 64.7 Å². The van der Waals surface area contributed by atoms with Crippen LogP contribution in [0.1, 0.15) is 77.6 Å². The minimum Gasteiger partial charge on any atom is -0.370 e. The molecule has 2 amide bonds. The molecule has 0 saturated carbocycles. The van der Waals surface area contributed by atoms with Gasteiger partial charge in [-0.25, -0.2) is 0 Å². The van der Waals surface area contributed by atoms with E-state index in [9.17, 15) is 9.59 Å². The molecule has 0 bridgehead atoms. The number of guanidine groups is 1. The first kappa shape index (κ1) is 21.1. The second-order valence-electron chi connectivity index (χ2n) is 5.88. The summed E-state index contributed by atoms with van der Waals surface area (Å²) in [4.78, 5) is 22.2. The van der Waals surface area contributed by atoms with Crippen LogP contribution >= 0.6 is 0 Å². The molecule has 0 aliphatic carbocycles. The van der Waals surface area contributed by atoms with Gasteiger partial charge in [0.15, 0.2) is 5.96 Å². The third kappa shape index (κ3) is 13.5. The number of nitrogens with one attached hydrogen (secondary N) is 2. The number of hydrogen-bond acceptors (Lipinski definition) is 3. The Bertz CT molecular complexity index is 401. The van der Waals surface area contributed by atoms with Crippen molar-refractivity contribution < 1.29 is 9.59 Å². The molecule has 0 aromatic rings. The Labute approximate surface area is 139 Å².